The molecule has 0 aromatic heterocycles. The van der Waals surface area contributed by atoms with Gasteiger partial charge in [0.15, 0.2) is 0 Å². The van der Waals surface area contributed by atoms with Crippen LogP contribution in [0.4, 0.5) is 5.69 Å². The van der Waals surface area contributed by atoms with Gasteiger partial charge < -0.3 is 10.5 Å². The third-order valence-corrected chi connectivity index (χ3v) is 3.61. The van der Waals surface area contributed by atoms with Crippen LogP contribution < -0.4 is 5.73 Å². The molecule has 1 aliphatic carbocycles. The van der Waals surface area contributed by atoms with Crippen LogP contribution in [0.1, 0.15) is 37.7 Å². The molecule has 1 aromatic rings. The van der Waals surface area contributed by atoms with Crippen molar-refractivity contribution in [3.05, 3.63) is 29.8 Å². The highest BCUT2D eigenvalue weighted by Gasteiger charge is 2.17. The van der Waals surface area contributed by atoms with Gasteiger partial charge in [-0.1, -0.05) is 31.4 Å². The molecule has 0 bridgehead atoms. The molecule has 2 N–H and O–H groups in total. The van der Waals surface area contributed by atoms with Gasteiger partial charge in [0.25, 0.3) is 0 Å². The van der Waals surface area contributed by atoms with E-state index in [1.54, 1.807) is 0 Å². The third kappa shape index (κ3) is 4.06. The smallest absolute Gasteiger partial charge is 0.306 e. The summed E-state index contributed by atoms with van der Waals surface area (Å²) in [5, 5.41) is 0. The largest absolute Gasteiger partial charge is 0.466 e. The summed E-state index contributed by atoms with van der Waals surface area (Å²) >= 11 is 0. The number of nitrogen functional groups attached to an aromatic ring is 1. The summed E-state index contributed by atoms with van der Waals surface area (Å²) in [6, 6.07) is 7.63. The van der Waals surface area contributed by atoms with Gasteiger partial charge >= 0.3 is 5.97 Å². The molecule has 0 unspecified atom stereocenters. The average Bonchev–Trinajstić information content (AvgIpc) is 2.32. The SMILES string of the molecule is Nc1ccc(CCC(=O)OCCC2CCC2)cc1. The maximum absolute atomic E-state index is 11.5. The molecule has 18 heavy (non-hydrogen) atoms. The summed E-state index contributed by atoms with van der Waals surface area (Å²) in [5.41, 5.74) is 7.48. The zero-order valence-corrected chi connectivity index (χ0v) is 10.7. The van der Waals surface area contributed by atoms with Crippen LogP contribution in [0, 0.1) is 5.92 Å². The van der Waals surface area contributed by atoms with Gasteiger partial charge in [0.1, 0.15) is 0 Å². The number of hydrogen-bond acceptors (Lipinski definition) is 3. The first-order valence-electron chi connectivity index (χ1n) is 6.74. The molecule has 1 aromatic carbocycles. The lowest BCUT2D eigenvalue weighted by Gasteiger charge is -2.24. The predicted molar refractivity (Wildman–Crippen MR) is 72.1 cm³/mol. The van der Waals surface area contributed by atoms with E-state index in [0.29, 0.717) is 13.0 Å². The number of rotatable bonds is 6. The number of esters is 1. The molecule has 1 saturated carbocycles. The van der Waals surface area contributed by atoms with Gasteiger partial charge in [-0.15, -0.1) is 0 Å². The molecule has 0 spiro atoms. The summed E-state index contributed by atoms with van der Waals surface area (Å²) in [6.07, 6.45) is 6.17. The molecule has 3 nitrogen and oxygen atoms in total. The molecule has 0 atom stereocenters. The predicted octanol–water partition coefficient (Wildman–Crippen LogP) is 2.93. The van der Waals surface area contributed by atoms with Crippen molar-refractivity contribution >= 4 is 11.7 Å². The Morgan fingerprint density at radius 3 is 2.61 bits per heavy atom. The van der Waals surface area contributed by atoms with E-state index in [-0.39, 0.29) is 5.97 Å². The topological polar surface area (TPSA) is 52.3 Å². The molecule has 0 aliphatic heterocycles. The Labute approximate surface area is 108 Å². The Bertz CT molecular complexity index is 382. The van der Waals surface area contributed by atoms with Crippen molar-refractivity contribution in [3.8, 4) is 0 Å². The summed E-state index contributed by atoms with van der Waals surface area (Å²) in [7, 11) is 0. The molecular formula is C15H21NO2. The standard InChI is InChI=1S/C15H21NO2/c16-14-7-4-13(5-8-14)6-9-15(17)18-11-10-12-2-1-3-12/h4-5,7-8,12H,1-3,6,9-11,16H2. The van der Waals surface area contributed by atoms with E-state index >= 15 is 0 Å². The van der Waals surface area contributed by atoms with Crippen LogP contribution in [0.2, 0.25) is 0 Å². The minimum absolute atomic E-state index is 0.0915. The van der Waals surface area contributed by atoms with Crippen molar-refractivity contribution in [2.45, 2.75) is 38.5 Å². The highest BCUT2D eigenvalue weighted by atomic mass is 16.5. The minimum Gasteiger partial charge on any atom is -0.466 e. The van der Waals surface area contributed by atoms with Crippen molar-refractivity contribution in [2.75, 3.05) is 12.3 Å². The van der Waals surface area contributed by atoms with Gasteiger partial charge in [0.05, 0.1) is 6.61 Å². The summed E-state index contributed by atoms with van der Waals surface area (Å²) < 4.78 is 5.23. The minimum atomic E-state index is -0.0915. The zero-order valence-electron chi connectivity index (χ0n) is 10.7. The summed E-state index contributed by atoms with van der Waals surface area (Å²) in [4.78, 5) is 11.5. The van der Waals surface area contributed by atoms with Crippen LogP contribution in [-0.2, 0) is 16.0 Å². The van der Waals surface area contributed by atoms with Gasteiger partial charge in [-0.05, 0) is 36.5 Å². The number of nitrogens with two attached hydrogens (primary N) is 1. The highest BCUT2D eigenvalue weighted by Crippen LogP contribution is 2.29. The lowest BCUT2D eigenvalue weighted by molar-refractivity contribution is -0.144. The molecular weight excluding hydrogens is 226 g/mol. The van der Waals surface area contributed by atoms with E-state index in [4.69, 9.17) is 10.5 Å². The first-order chi connectivity index (χ1) is 8.74. The molecule has 0 heterocycles. The number of hydrogen-bond donors (Lipinski definition) is 1. The quantitative estimate of drug-likeness (QED) is 0.621. The van der Waals surface area contributed by atoms with E-state index in [2.05, 4.69) is 0 Å². The van der Waals surface area contributed by atoms with E-state index in [1.165, 1.54) is 19.3 Å². The molecule has 1 fully saturated rings. The van der Waals surface area contributed by atoms with Gasteiger partial charge in [-0.3, -0.25) is 4.79 Å². The number of ether oxygens (including phenoxy) is 1. The van der Waals surface area contributed by atoms with Crippen molar-refractivity contribution in [3.63, 3.8) is 0 Å². The van der Waals surface area contributed by atoms with Gasteiger partial charge in [-0.2, -0.15) is 0 Å². The Kier molecular flexibility index (Phi) is 4.62. The molecule has 3 heteroatoms. The monoisotopic (exact) mass is 247 g/mol. The number of benzene rings is 1. The van der Waals surface area contributed by atoms with Gasteiger partial charge in [0.2, 0.25) is 0 Å². The Morgan fingerprint density at radius 1 is 1.28 bits per heavy atom. The average molecular weight is 247 g/mol. The van der Waals surface area contributed by atoms with Crippen molar-refractivity contribution in [1.29, 1.82) is 0 Å². The summed E-state index contributed by atoms with van der Waals surface area (Å²) in [6.45, 7) is 0.589. The maximum Gasteiger partial charge on any atom is 0.306 e. The van der Waals surface area contributed by atoms with Crippen molar-refractivity contribution < 1.29 is 9.53 Å². The number of anilines is 1. The fourth-order valence-electron chi connectivity index (χ4n) is 2.12. The number of carbonyl (C=O) groups excluding carboxylic acids is 1. The van der Waals surface area contributed by atoms with Gasteiger partial charge in [0, 0.05) is 12.1 Å². The first-order valence-corrected chi connectivity index (χ1v) is 6.74. The van der Waals surface area contributed by atoms with Gasteiger partial charge in [-0.25, -0.2) is 0 Å². The molecule has 2 rings (SSSR count). The fraction of sp³-hybridized carbons (Fsp3) is 0.533. The Balaban J connectivity index is 1.60. The van der Waals surface area contributed by atoms with Crippen LogP contribution in [0.5, 0.6) is 0 Å². The second kappa shape index (κ2) is 6.43. The molecule has 98 valence electrons. The van der Waals surface area contributed by atoms with E-state index in [0.717, 1.165) is 30.0 Å². The Hall–Kier alpha value is -1.51. The van der Waals surface area contributed by atoms with Crippen LogP contribution in [0.15, 0.2) is 24.3 Å². The van der Waals surface area contributed by atoms with E-state index in [1.807, 2.05) is 24.3 Å². The second-order valence-corrected chi connectivity index (χ2v) is 5.05. The molecule has 0 radical (unpaired) electrons. The maximum atomic E-state index is 11.5. The van der Waals surface area contributed by atoms with Crippen LogP contribution in [0.25, 0.3) is 0 Å². The zero-order chi connectivity index (χ0) is 12.8. The number of aryl methyl sites for hydroxylation is 1. The lowest BCUT2D eigenvalue weighted by Crippen LogP contribution is -2.15. The fourth-order valence-corrected chi connectivity index (χ4v) is 2.12. The van der Waals surface area contributed by atoms with Crippen molar-refractivity contribution in [2.24, 2.45) is 5.92 Å². The normalized spacial score (nSPS) is 15.1. The van der Waals surface area contributed by atoms with E-state index in [9.17, 15) is 4.79 Å². The van der Waals surface area contributed by atoms with E-state index < -0.39 is 0 Å². The molecule has 0 saturated heterocycles. The van der Waals surface area contributed by atoms with Crippen LogP contribution in [0.3, 0.4) is 0 Å². The number of carbonyl (C=O) groups is 1. The third-order valence-electron chi connectivity index (χ3n) is 3.61. The van der Waals surface area contributed by atoms with Crippen LogP contribution >= 0.6 is 0 Å². The van der Waals surface area contributed by atoms with Crippen molar-refractivity contribution in [1.82, 2.24) is 0 Å². The highest BCUT2D eigenvalue weighted by molar-refractivity contribution is 5.69. The first kappa shape index (κ1) is 12.9. The molecule has 1 aliphatic rings. The van der Waals surface area contributed by atoms with Crippen LogP contribution in [-0.4, -0.2) is 12.6 Å². The molecule has 0 amide bonds. The summed E-state index contributed by atoms with van der Waals surface area (Å²) in [5.74, 6) is 0.709. The second-order valence-electron chi connectivity index (χ2n) is 5.05. The Morgan fingerprint density at radius 2 is 2.00 bits per heavy atom. The lowest BCUT2D eigenvalue weighted by atomic mass is 9.83.